The Bertz CT molecular complexity index is 791. The zero-order chi connectivity index (χ0) is 19.7. The van der Waals surface area contributed by atoms with Crippen molar-refractivity contribution in [1.82, 2.24) is 4.90 Å². The van der Waals surface area contributed by atoms with Crippen molar-refractivity contribution in [1.29, 1.82) is 0 Å². The SMILES string of the molecule is CN(CCCC(C=O)(c1ccccc1)c1ccccc1)CCc1ccccc1. The van der Waals surface area contributed by atoms with E-state index in [0.717, 1.165) is 49.8 Å². The van der Waals surface area contributed by atoms with E-state index in [4.69, 9.17) is 0 Å². The lowest BCUT2D eigenvalue weighted by Crippen LogP contribution is -2.31. The number of hydrogen-bond acceptors (Lipinski definition) is 2. The van der Waals surface area contributed by atoms with Gasteiger partial charge in [-0.15, -0.1) is 0 Å². The maximum atomic E-state index is 12.4. The molecule has 0 radical (unpaired) electrons. The highest BCUT2D eigenvalue weighted by Gasteiger charge is 2.33. The first-order valence-corrected chi connectivity index (χ1v) is 10.0. The molecule has 28 heavy (non-hydrogen) atoms. The Morgan fingerprint density at radius 2 is 1.25 bits per heavy atom. The number of carbonyl (C=O) groups excluding carboxylic acids is 1. The number of nitrogens with zero attached hydrogens (tertiary/aromatic N) is 1. The minimum Gasteiger partial charge on any atom is -0.306 e. The van der Waals surface area contributed by atoms with Gasteiger partial charge < -0.3 is 9.69 Å². The normalized spacial score (nSPS) is 11.5. The highest BCUT2D eigenvalue weighted by molar-refractivity contribution is 5.75. The van der Waals surface area contributed by atoms with Gasteiger partial charge in [-0.05, 0) is 49.5 Å². The van der Waals surface area contributed by atoms with E-state index in [2.05, 4.69) is 66.5 Å². The molecule has 0 atom stereocenters. The number of aldehydes is 1. The average molecular weight is 372 g/mol. The molecule has 0 spiro atoms. The summed E-state index contributed by atoms with van der Waals surface area (Å²) < 4.78 is 0. The van der Waals surface area contributed by atoms with Crippen LogP contribution in [0.3, 0.4) is 0 Å². The molecule has 2 nitrogen and oxygen atoms in total. The maximum absolute atomic E-state index is 12.4. The zero-order valence-electron chi connectivity index (χ0n) is 16.6. The number of likely N-dealkylation sites (N-methyl/N-ethyl adjacent to an activating group) is 1. The molecule has 0 aliphatic carbocycles. The van der Waals surface area contributed by atoms with E-state index in [0.29, 0.717) is 0 Å². The molecule has 0 unspecified atom stereocenters. The Balaban J connectivity index is 1.66. The molecule has 0 bridgehead atoms. The summed E-state index contributed by atoms with van der Waals surface area (Å²) in [4.78, 5) is 14.8. The third-order valence-electron chi connectivity index (χ3n) is 5.51. The Labute approximate surface area is 168 Å². The molecule has 3 aromatic rings. The smallest absolute Gasteiger partial charge is 0.134 e. The Morgan fingerprint density at radius 1 is 0.750 bits per heavy atom. The third kappa shape index (κ3) is 4.96. The quantitative estimate of drug-likeness (QED) is 0.461. The summed E-state index contributed by atoms with van der Waals surface area (Å²) in [7, 11) is 2.16. The summed E-state index contributed by atoms with van der Waals surface area (Å²) in [6.07, 6.45) is 3.96. The largest absolute Gasteiger partial charge is 0.306 e. The van der Waals surface area contributed by atoms with Gasteiger partial charge in [0.1, 0.15) is 6.29 Å². The minimum atomic E-state index is -0.581. The van der Waals surface area contributed by atoms with Crippen molar-refractivity contribution in [3.8, 4) is 0 Å². The summed E-state index contributed by atoms with van der Waals surface area (Å²) in [5, 5.41) is 0. The van der Waals surface area contributed by atoms with E-state index < -0.39 is 5.41 Å². The summed E-state index contributed by atoms with van der Waals surface area (Å²) in [6, 6.07) is 30.9. The molecule has 144 valence electrons. The van der Waals surface area contributed by atoms with Crippen LogP contribution in [0.25, 0.3) is 0 Å². The molecular formula is C26H29NO. The molecule has 0 saturated heterocycles. The van der Waals surface area contributed by atoms with Gasteiger partial charge in [0, 0.05) is 6.54 Å². The van der Waals surface area contributed by atoms with Crippen molar-refractivity contribution >= 4 is 6.29 Å². The lowest BCUT2D eigenvalue weighted by atomic mass is 9.72. The lowest BCUT2D eigenvalue weighted by Gasteiger charge is -2.30. The third-order valence-corrected chi connectivity index (χ3v) is 5.51. The van der Waals surface area contributed by atoms with Crippen LogP contribution in [0.4, 0.5) is 0 Å². The van der Waals surface area contributed by atoms with Crippen molar-refractivity contribution in [2.45, 2.75) is 24.7 Å². The number of hydrogen-bond donors (Lipinski definition) is 0. The monoisotopic (exact) mass is 371 g/mol. The van der Waals surface area contributed by atoms with Gasteiger partial charge in [0.2, 0.25) is 0 Å². The molecule has 2 heteroatoms. The Hall–Kier alpha value is -2.71. The topological polar surface area (TPSA) is 20.3 Å². The second-order valence-electron chi connectivity index (χ2n) is 7.46. The molecule has 0 amide bonds. The minimum absolute atomic E-state index is 0.581. The van der Waals surface area contributed by atoms with Crippen molar-refractivity contribution < 1.29 is 4.79 Å². The van der Waals surface area contributed by atoms with Crippen LogP contribution in [0.15, 0.2) is 91.0 Å². The number of benzene rings is 3. The molecular weight excluding hydrogens is 342 g/mol. The fraction of sp³-hybridized carbons (Fsp3) is 0.269. The van der Waals surface area contributed by atoms with E-state index in [9.17, 15) is 4.79 Å². The summed E-state index contributed by atoms with van der Waals surface area (Å²) in [5.41, 5.74) is 2.93. The van der Waals surface area contributed by atoms with Gasteiger partial charge in [0.05, 0.1) is 5.41 Å². The van der Waals surface area contributed by atoms with E-state index >= 15 is 0 Å². The first kappa shape index (κ1) is 20.0. The molecule has 0 N–H and O–H groups in total. The van der Waals surface area contributed by atoms with E-state index in [1.165, 1.54) is 5.56 Å². The van der Waals surface area contributed by atoms with E-state index in [-0.39, 0.29) is 0 Å². The van der Waals surface area contributed by atoms with Gasteiger partial charge in [-0.25, -0.2) is 0 Å². The summed E-state index contributed by atoms with van der Waals surface area (Å²) >= 11 is 0. The van der Waals surface area contributed by atoms with E-state index in [1.807, 2.05) is 36.4 Å². The van der Waals surface area contributed by atoms with Crippen LogP contribution < -0.4 is 0 Å². The second kappa shape index (κ2) is 10.0. The van der Waals surface area contributed by atoms with Crippen LogP contribution >= 0.6 is 0 Å². The molecule has 0 aliphatic rings. The number of carbonyl (C=O) groups is 1. The number of rotatable bonds is 10. The molecule has 0 heterocycles. The summed E-state index contributed by atoms with van der Waals surface area (Å²) in [5.74, 6) is 0. The second-order valence-corrected chi connectivity index (χ2v) is 7.46. The van der Waals surface area contributed by atoms with Gasteiger partial charge in [-0.1, -0.05) is 91.0 Å². The molecule has 0 aromatic heterocycles. The first-order chi connectivity index (χ1) is 13.7. The van der Waals surface area contributed by atoms with Crippen LogP contribution in [-0.2, 0) is 16.6 Å². The zero-order valence-corrected chi connectivity index (χ0v) is 16.6. The van der Waals surface area contributed by atoms with Gasteiger partial charge in [0.15, 0.2) is 0 Å². The van der Waals surface area contributed by atoms with Crippen molar-refractivity contribution in [2.75, 3.05) is 20.1 Å². The van der Waals surface area contributed by atoms with E-state index in [1.54, 1.807) is 0 Å². The van der Waals surface area contributed by atoms with Crippen LogP contribution in [0.5, 0.6) is 0 Å². The lowest BCUT2D eigenvalue weighted by molar-refractivity contribution is -0.111. The van der Waals surface area contributed by atoms with Crippen molar-refractivity contribution in [3.63, 3.8) is 0 Å². The summed E-state index contributed by atoms with van der Waals surface area (Å²) in [6.45, 7) is 2.00. The van der Waals surface area contributed by atoms with Crippen LogP contribution in [0.2, 0.25) is 0 Å². The highest BCUT2D eigenvalue weighted by atomic mass is 16.1. The standard InChI is InChI=1S/C26H29NO/c1-27(21-18-23-12-5-2-6-13-23)20-11-19-26(22-28,24-14-7-3-8-15-24)25-16-9-4-10-17-25/h2-10,12-17,22H,11,18-21H2,1H3. The predicted molar refractivity (Wildman–Crippen MR) is 117 cm³/mol. The first-order valence-electron chi connectivity index (χ1n) is 10.0. The highest BCUT2D eigenvalue weighted by Crippen LogP contribution is 2.35. The van der Waals surface area contributed by atoms with Gasteiger partial charge in [-0.3, -0.25) is 0 Å². The van der Waals surface area contributed by atoms with Crippen LogP contribution in [-0.4, -0.2) is 31.3 Å². The molecule has 3 aromatic carbocycles. The fourth-order valence-corrected chi connectivity index (χ4v) is 3.83. The fourth-order valence-electron chi connectivity index (χ4n) is 3.83. The Morgan fingerprint density at radius 3 is 1.75 bits per heavy atom. The van der Waals surface area contributed by atoms with Crippen LogP contribution in [0.1, 0.15) is 29.5 Å². The maximum Gasteiger partial charge on any atom is 0.134 e. The van der Waals surface area contributed by atoms with Gasteiger partial charge >= 0.3 is 0 Å². The Kier molecular flexibility index (Phi) is 7.16. The van der Waals surface area contributed by atoms with Crippen molar-refractivity contribution in [2.24, 2.45) is 0 Å². The van der Waals surface area contributed by atoms with Crippen molar-refractivity contribution in [3.05, 3.63) is 108 Å². The average Bonchev–Trinajstić information content (AvgIpc) is 2.77. The molecule has 0 aliphatic heterocycles. The molecule has 0 saturated carbocycles. The van der Waals surface area contributed by atoms with Gasteiger partial charge in [0.25, 0.3) is 0 Å². The molecule has 0 fully saturated rings. The van der Waals surface area contributed by atoms with Gasteiger partial charge in [-0.2, -0.15) is 0 Å². The predicted octanol–water partition coefficient (Wildman–Crippen LogP) is 5.13. The van der Waals surface area contributed by atoms with Crippen LogP contribution in [0, 0.1) is 0 Å². The molecule has 3 rings (SSSR count).